The number of aryl methyl sites for hydroxylation is 1. The van der Waals surface area contributed by atoms with Gasteiger partial charge in [-0.25, -0.2) is 23.2 Å². The smallest absolute Gasteiger partial charge is 0.345 e. The van der Waals surface area contributed by atoms with Gasteiger partial charge in [0.2, 0.25) is 0 Å². The third-order valence-electron chi connectivity index (χ3n) is 4.79. The van der Waals surface area contributed by atoms with Gasteiger partial charge in [0, 0.05) is 6.07 Å². The number of nitrogens with one attached hydrogen (secondary N) is 2. The molecule has 0 bridgehead atoms. The molecule has 0 aliphatic heterocycles. The minimum Gasteiger partial charge on any atom is -0.497 e. The average molecular weight is 501 g/mol. The number of para-hydroxylation sites is 2. The number of thiophene rings is 1. The van der Waals surface area contributed by atoms with Gasteiger partial charge >= 0.3 is 5.97 Å². The van der Waals surface area contributed by atoms with Crippen LogP contribution in [0.3, 0.4) is 0 Å². The molecule has 0 aliphatic rings. The maximum Gasteiger partial charge on any atom is 0.345 e. The molecule has 0 unspecified atom stereocenters. The number of aromatic carboxylic acids is 1. The van der Waals surface area contributed by atoms with E-state index in [1.54, 1.807) is 42.5 Å². The Bertz CT molecular complexity index is 1500. The molecule has 34 heavy (non-hydrogen) atoms. The molecule has 176 valence electrons. The molecule has 0 saturated heterocycles. The fraction of sp³-hybridized carbons (Fsp3) is 0.136. The summed E-state index contributed by atoms with van der Waals surface area (Å²) >= 11 is 0.663. The first kappa shape index (κ1) is 23.3. The van der Waals surface area contributed by atoms with Crippen molar-refractivity contribution in [2.24, 2.45) is 0 Å². The Balaban J connectivity index is 1.81. The van der Waals surface area contributed by atoms with E-state index < -0.39 is 16.0 Å². The fourth-order valence-corrected chi connectivity index (χ4v) is 5.76. The topological polar surface area (TPSA) is 140 Å². The van der Waals surface area contributed by atoms with E-state index in [1.165, 1.54) is 27.2 Å². The second-order valence-electron chi connectivity index (χ2n) is 7.09. The highest BCUT2D eigenvalue weighted by molar-refractivity contribution is 7.94. The lowest BCUT2D eigenvalue weighted by Gasteiger charge is -2.16. The Labute approximate surface area is 199 Å². The molecule has 2 heterocycles. The van der Waals surface area contributed by atoms with Gasteiger partial charge < -0.3 is 19.9 Å². The maximum atomic E-state index is 13.2. The second kappa shape index (κ2) is 9.15. The van der Waals surface area contributed by atoms with Gasteiger partial charge in [-0.3, -0.25) is 4.72 Å². The summed E-state index contributed by atoms with van der Waals surface area (Å²) in [5.41, 5.74) is 1.80. The van der Waals surface area contributed by atoms with Crippen molar-refractivity contribution in [1.82, 2.24) is 9.97 Å². The first-order valence-electron chi connectivity index (χ1n) is 9.84. The lowest BCUT2D eigenvalue weighted by Crippen LogP contribution is -2.16. The van der Waals surface area contributed by atoms with Crippen LogP contribution in [0.25, 0.3) is 11.0 Å². The fourth-order valence-electron chi connectivity index (χ4n) is 3.21. The van der Waals surface area contributed by atoms with E-state index in [2.05, 4.69) is 20.0 Å². The summed E-state index contributed by atoms with van der Waals surface area (Å²) < 4.78 is 39.4. The molecule has 0 saturated carbocycles. The van der Waals surface area contributed by atoms with Crippen LogP contribution in [0, 0.1) is 6.92 Å². The summed E-state index contributed by atoms with van der Waals surface area (Å²) in [5.74, 6) is -0.110. The number of anilines is 3. The van der Waals surface area contributed by atoms with Gasteiger partial charge in [-0.15, -0.1) is 11.3 Å². The number of fused-ring (bicyclic) bond motifs is 1. The van der Waals surface area contributed by atoms with Gasteiger partial charge in [-0.05, 0) is 42.8 Å². The summed E-state index contributed by atoms with van der Waals surface area (Å²) in [5, 5.41) is 12.3. The third-order valence-corrected chi connectivity index (χ3v) is 7.99. The van der Waals surface area contributed by atoms with Gasteiger partial charge in [0.1, 0.15) is 20.6 Å². The molecule has 0 radical (unpaired) electrons. The summed E-state index contributed by atoms with van der Waals surface area (Å²) in [6.07, 6.45) is 0. The Morgan fingerprint density at radius 1 is 1.00 bits per heavy atom. The predicted octanol–water partition coefficient (Wildman–Crippen LogP) is 4.26. The van der Waals surface area contributed by atoms with Crippen LogP contribution in [0.2, 0.25) is 0 Å². The first-order chi connectivity index (χ1) is 16.2. The molecule has 4 rings (SSSR count). The molecular formula is C22H20N4O6S2. The van der Waals surface area contributed by atoms with Crippen molar-refractivity contribution in [3.63, 3.8) is 0 Å². The Hall–Kier alpha value is -3.90. The number of benzene rings is 2. The molecule has 12 heteroatoms. The van der Waals surface area contributed by atoms with Crippen molar-refractivity contribution in [3.8, 4) is 11.5 Å². The Morgan fingerprint density at radius 2 is 1.68 bits per heavy atom. The minimum atomic E-state index is -4.16. The van der Waals surface area contributed by atoms with E-state index in [0.29, 0.717) is 45.1 Å². The van der Waals surface area contributed by atoms with E-state index in [1.807, 2.05) is 0 Å². The molecule has 2 aromatic heterocycles. The van der Waals surface area contributed by atoms with Gasteiger partial charge in [0.15, 0.2) is 11.6 Å². The third kappa shape index (κ3) is 4.58. The van der Waals surface area contributed by atoms with Crippen LogP contribution < -0.4 is 19.5 Å². The number of ether oxygens (including phenoxy) is 2. The van der Waals surface area contributed by atoms with Crippen LogP contribution in [0.5, 0.6) is 11.5 Å². The molecule has 3 N–H and O–H groups in total. The largest absolute Gasteiger partial charge is 0.497 e. The van der Waals surface area contributed by atoms with Crippen molar-refractivity contribution in [3.05, 3.63) is 59.0 Å². The van der Waals surface area contributed by atoms with Gasteiger partial charge in [0.05, 0.1) is 30.9 Å². The van der Waals surface area contributed by atoms with E-state index in [-0.39, 0.29) is 20.7 Å². The SMILES string of the molecule is COc1ccc(OC)c(Nc2nc3ccccc3nc2NS(=O)(=O)c2sc(C(=O)O)cc2C)c1. The summed E-state index contributed by atoms with van der Waals surface area (Å²) in [7, 11) is -1.14. The van der Waals surface area contributed by atoms with Gasteiger partial charge in [0.25, 0.3) is 10.0 Å². The average Bonchev–Trinajstić information content (AvgIpc) is 3.22. The first-order valence-corrected chi connectivity index (χ1v) is 12.1. The highest BCUT2D eigenvalue weighted by Gasteiger charge is 2.25. The lowest BCUT2D eigenvalue weighted by atomic mass is 10.2. The summed E-state index contributed by atoms with van der Waals surface area (Å²) in [6.45, 7) is 1.53. The van der Waals surface area contributed by atoms with Crippen molar-refractivity contribution >= 4 is 55.7 Å². The zero-order chi connectivity index (χ0) is 24.5. The molecule has 0 amide bonds. The Kier molecular flexibility index (Phi) is 6.26. The minimum absolute atomic E-state index is 0.0618. The monoisotopic (exact) mass is 500 g/mol. The lowest BCUT2D eigenvalue weighted by molar-refractivity contribution is 0.0702. The highest BCUT2D eigenvalue weighted by Crippen LogP contribution is 2.35. The number of rotatable bonds is 8. The summed E-state index contributed by atoms with van der Waals surface area (Å²) in [4.78, 5) is 20.2. The zero-order valence-corrected chi connectivity index (χ0v) is 20.0. The standard InChI is InChI=1S/C22H20N4O6S2/c1-12-10-18(21(27)28)33-22(12)34(29,30)26-20-19(23-14-6-4-5-7-15(14)24-20)25-16-11-13(31-2)8-9-17(16)32-3/h4-11H,1-3H3,(H,23,25)(H,24,26)(H,27,28). The van der Waals surface area contributed by atoms with E-state index >= 15 is 0 Å². The number of aromatic nitrogens is 2. The molecule has 0 spiro atoms. The second-order valence-corrected chi connectivity index (χ2v) is 10.0. The number of carboxylic acid groups (broad SMARTS) is 1. The highest BCUT2D eigenvalue weighted by atomic mass is 32.2. The van der Waals surface area contributed by atoms with Crippen molar-refractivity contribution < 1.29 is 27.8 Å². The van der Waals surface area contributed by atoms with Crippen LogP contribution >= 0.6 is 11.3 Å². The number of sulfonamides is 1. The molecule has 0 atom stereocenters. The zero-order valence-electron chi connectivity index (χ0n) is 18.3. The van der Waals surface area contributed by atoms with Gasteiger partial charge in [-0.1, -0.05) is 12.1 Å². The van der Waals surface area contributed by atoms with Crippen molar-refractivity contribution in [2.45, 2.75) is 11.1 Å². The predicted molar refractivity (Wildman–Crippen MR) is 129 cm³/mol. The van der Waals surface area contributed by atoms with E-state index in [0.717, 1.165) is 0 Å². The van der Waals surface area contributed by atoms with E-state index in [9.17, 15) is 18.3 Å². The van der Waals surface area contributed by atoms with Crippen LogP contribution in [0.15, 0.2) is 52.7 Å². The van der Waals surface area contributed by atoms with E-state index in [4.69, 9.17) is 9.47 Å². The number of nitrogens with zero attached hydrogens (tertiary/aromatic N) is 2. The van der Waals surface area contributed by atoms with Crippen LogP contribution in [-0.4, -0.2) is 43.7 Å². The quantitative estimate of drug-likeness (QED) is 0.324. The number of hydrogen-bond donors (Lipinski definition) is 3. The van der Waals surface area contributed by atoms with Gasteiger partial charge in [-0.2, -0.15) is 0 Å². The number of carbonyl (C=O) groups is 1. The molecule has 10 nitrogen and oxygen atoms in total. The molecule has 2 aromatic carbocycles. The van der Waals surface area contributed by atoms with Crippen LogP contribution in [0.1, 0.15) is 15.2 Å². The maximum absolute atomic E-state index is 13.2. The summed E-state index contributed by atoms with van der Waals surface area (Å²) in [6, 6.07) is 13.4. The van der Waals surface area contributed by atoms with Crippen molar-refractivity contribution in [1.29, 1.82) is 0 Å². The molecule has 0 aliphatic carbocycles. The number of hydrogen-bond acceptors (Lipinski definition) is 9. The van der Waals surface area contributed by atoms with Crippen LogP contribution in [-0.2, 0) is 10.0 Å². The van der Waals surface area contributed by atoms with Crippen LogP contribution in [0.4, 0.5) is 17.3 Å². The normalized spacial score (nSPS) is 11.3. The van der Waals surface area contributed by atoms with Crippen molar-refractivity contribution in [2.75, 3.05) is 24.3 Å². The molecular weight excluding hydrogens is 480 g/mol. The number of carboxylic acids is 1. The molecule has 4 aromatic rings. The molecule has 0 fully saturated rings. The Morgan fingerprint density at radius 3 is 2.26 bits per heavy atom. The number of methoxy groups -OCH3 is 2.